The summed E-state index contributed by atoms with van der Waals surface area (Å²) in [4.78, 5) is 11.8. The van der Waals surface area contributed by atoms with E-state index in [4.69, 9.17) is 5.73 Å². The smallest absolute Gasteiger partial charge is 0.251 e. The van der Waals surface area contributed by atoms with Crippen LogP contribution in [-0.4, -0.2) is 23.5 Å². The third kappa shape index (κ3) is 2.92. The Morgan fingerprint density at radius 1 is 1.56 bits per heavy atom. The molecule has 4 heteroatoms. The Balaban J connectivity index is 1.87. The third-order valence-corrected chi connectivity index (χ3v) is 4.06. The molecule has 0 aromatic heterocycles. The molecule has 1 fully saturated rings. The molecule has 86 valence electrons. The summed E-state index contributed by atoms with van der Waals surface area (Å²) < 4.78 is 0. The van der Waals surface area contributed by atoms with E-state index in [0.717, 1.165) is 6.54 Å². The van der Waals surface area contributed by atoms with Crippen LogP contribution in [0.15, 0.2) is 24.3 Å². The number of hydrogen-bond donors (Lipinski definition) is 2. The largest absolute Gasteiger partial charge is 0.399 e. The predicted molar refractivity (Wildman–Crippen MR) is 68.7 cm³/mol. The van der Waals surface area contributed by atoms with Gasteiger partial charge in [-0.05, 0) is 36.8 Å². The molecule has 1 aromatic carbocycles. The van der Waals surface area contributed by atoms with Gasteiger partial charge in [-0.2, -0.15) is 11.8 Å². The number of thioether (sulfide) groups is 1. The van der Waals surface area contributed by atoms with E-state index in [2.05, 4.69) is 5.32 Å². The van der Waals surface area contributed by atoms with Crippen molar-refractivity contribution in [1.82, 2.24) is 5.32 Å². The van der Waals surface area contributed by atoms with Gasteiger partial charge in [-0.1, -0.05) is 6.07 Å². The number of hydrogen-bond acceptors (Lipinski definition) is 3. The van der Waals surface area contributed by atoms with Crippen molar-refractivity contribution in [2.75, 3.05) is 18.0 Å². The van der Waals surface area contributed by atoms with Gasteiger partial charge in [-0.3, -0.25) is 4.79 Å². The molecular weight excluding hydrogens is 220 g/mol. The van der Waals surface area contributed by atoms with Gasteiger partial charge in [-0.25, -0.2) is 0 Å². The monoisotopic (exact) mass is 236 g/mol. The van der Waals surface area contributed by atoms with Crippen molar-refractivity contribution in [3.8, 4) is 0 Å². The molecule has 0 spiro atoms. The molecule has 0 radical (unpaired) electrons. The summed E-state index contributed by atoms with van der Waals surface area (Å²) in [5.41, 5.74) is 6.90. The number of nitrogens with one attached hydrogen (secondary N) is 1. The first-order valence-electron chi connectivity index (χ1n) is 5.51. The number of nitrogen functional groups attached to an aromatic ring is 1. The Morgan fingerprint density at radius 3 is 3.12 bits per heavy atom. The minimum Gasteiger partial charge on any atom is -0.399 e. The highest BCUT2D eigenvalue weighted by Gasteiger charge is 2.16. The van der Waals surface area contributed by atoms with Gasteiger partial charge in [-0.15, -0.1) is 0 Å². The van der Waals surface area contributed by atoms with E-state index < -0.39 is 0 Å². The van der Waals surface area contributed by atoms with Crippen LogP contribution in [0.3, 0.4) is 0 Å². The normalized spacial score (nSPS) is 19.6. The molecule has 0 saturated carbocycles. The van der Waals surface area contributed by atoms with Gasteiger partial charge in [0.1, 0.15) is 0 Å². The summed E-state index contributed by atoms with van der Waals surface area (Å²) in [6.07, 6.45) is 2.48. The van der Waals surface area contributed by atoms with Gasteiger partial charge < -0.3 is 11.1 Å². The van der Waals surface area contributed by atoms with Crippen LogP contribution < -0.4 is 11.1 Å². The quantitative estimate of drug-likeness (QED) is 0.788. The van der Waals surface area contributed by atoms with Crippen LogP contribution in [0.4, 0.5) is 5.69 Å². The van der Waals surface area contributed by atoms with Gasteiger partial charge in [0.05, 0.1) is 0 Å². The van der Waals surface area contributed by atoms with Crippen molar-refractivity contribution in [3.63, 3.8) is 0 Å². The van der Waals surface area contributed by atoms with Crippen LogP contribution in [-0.2, 0) is 0 Å². The number of carbonyl (C=O) groups excluding carboxylic acids is 1. The van der Waals surface area contributed by atoms with Gasteiger partial charge in [0, 0.05) is 23.0 Å². The third-order valence-electron chi connectivity index (χ3n) is 2.66. The van der Waals surface area contributed by atoms with Crippen molar-refractivity contribution in [2.24, 2.45) is 0 Å². The van der Waals surface area contributed by atoms with Crippen molar-refractivity contribution in [2.45, 2.75) is 18.1 Å². The standard InChI is InChI=1S/C12H16N2OS/c13-10-4-1-3-9(7-10)12(15)14-8-11-5-2-6-16-11/h1,3-4,7,11H,2,5-6,8,13H2,(H,14,15). The van der Waals surface area contributed by atoms with Gasteiger partial charge in [0.15, 0.2) is 0 Å². The molecule has 1 aliphatic heterocycles. The van der Waals surface area contributed by atoms with Gasteiger partial charge >= 0.3 is 0 Å². The SMILES string of the molecule is Nc1cccc(C(=O)NCC2CCCS2)c1. The van der Waals surface area contributed by atoms with Gasteiger partial charge in [0.25, 0.3) is 5.91 Å². The van der Waals surface area contributed by atoms with Crippen LogP contribution in [0.5, 0.6) is 0 Å². The minimum atomic E-state index is -0.0280. The first kappa shape index (κ1) is 11.3. The zero-order chi connectivity index (χ0) is 11.4. The highest BCUT2D eigenvalue weighted by atomic mass is 32.2. The van der Waals surface area contributed by atoms with Crippen LogP contribution >= 0.6 is 11.8 Å². The zero-order valence-corrected chi connectivity index (χ0v) is 9.93. The van der Waals surface area contributed by atoms with E-state index in [-0.39, 0.29) is 5.91 Å². The second kappa shape index (κ2) is 5.25. The van der Waals surface area contributed by atoms with Crippen molar-refractivity contribution in [1.29, 1.82) is 0 Å². The minimum absolute atomic E-state index is 0.0280. The Kier molecular flexibility index (Phi) is 3.72. The van der Waals surface area contributed by atoms with Crippen LogP contribution in [0.25, 0.3) is 0 Å². The van der Waals surface area contributed by atoms with E-state index in [0.29, 0.717) is 16.5 Å². The maximum atomic E-state index is 11.8. The predicted octanol–water partition coefficient (Wildman–Crippen LogP) is 1.89. The number of carbonyl (C=O) groups is 1. The van der Waals surface area contributed by atoms with E-state index in [1.165, 1.54) is 18.6 Å². The van der Waals surface area contributed by atoms with Crippen LogP contribution in [0, 0.1) is 0 Å². The van der Waals surface area contributed by atoms with E-state index in [9.17, 15) is 4.79 Å². The first-order valence-corrected chi connectivity index (χ1v) is 6.56. The Morgan fingerprint density at radius 2 is 2.44 bits per heavy atom. The average Bonchev–Trinajstić information content (AvgIpc) is 2.78. The van der Waals surface area contributed by atoms with Crippen LogP contribution in [0.2, 0.25) is 0 Å². The Hall–Kier alpha value is -1.16. The number of rotatable bonds is 3. The highest BCUT2D eigenvalue weighted by Crippen LogP contribution is 2.25. The molecule has 1 saturated heterocycles. The molecule has 3 N–H and O–H groups in total. The number of benzene rings is 1. The fourth-order valence-electron chi connectivity index (χ4n) is 1.79. The lowest BCUT2D eigenvalue weighted by Crippen LogP contribution is -2.29. The first-order chi connectivity index (χ1) is 7.75. The van der Waals surface area contributed by atoms with Gasteiger partial charge in [0.2, 0.25) is 0 Å². The summed E-state index contributed by atoms with van der Waals surface area (Å²) in [5.74, 6) is 1.19. The molecular formula is C12H16N2OS. The lowest BCUT2D eigenvalue weighted by molar-refractivity contribution is 0.0953. The fourth-order valence-corrected chi connectivity index (χ4v) is 3.00. The maximum absolute atomic E-state index is 11.8. The number of amides is 1. The van der Waals surface area contributed by atoms with Crippen molar-refractivity contribution in [3.05, 3.63) is 29.8 Å². The number of anilines is 1. The summed E-state index contributed by atoms with van der Waals surface area (Å²) in [6, 6.07) is 7.07. The Bertz CT molecular complexity index is 375. The molecule has 16 heavy (non-hydrogen) atoms. The van der Waals surface area contributed by atoms with Crippen LogP contribution in [0.1, 0.15) is 23.2 Å². The zero-order valence-electron chi connectivity index (χ0n) is 9.11. The van der Waals surface area contributed by atoms with E-state index in [1.807, 2.05) is 11.8 Å². The molecule has 0 bridgehead atoms. The topological polar surface area (TPSA) is 55.1 Å². The summed E-state index contributed by atoms with van der Waals surface area (Å²) in [7, 11) is 0. The summed E-state index contributed by atoms with van der Waals surface area (Å²) in [6.45, 7) is 0.762. The molecule has 1 unspecified atom stereocenters. The summed E-state index contributed by atoms with van der Waals surface area (Å²) >= 11 is 1.94. The highest BCUT2D eigenvalue weighted by molar-refractivity contribution is 8.00. The average molecular weight is 236 g/mol. The molecule has 3 nitrogen and oxygen atoms in total. The lowest BCUT2D eigenvalue weighted by atomic mass is 10.2. The second-order valence-electron chi connectivity index (χ2n) is 3.97. The van der Waals surface area contributed by atoms with E-state index in [1.54, 1.807) is 24.3 Å². The molecule has 1 aliphatic rings. The molecule has 0 aliphatic carbocycles. The molecule has 2 rings (SSSR count). The second-order valence-corrected chi connectivity index (χ2v) is 5.38. The summed E-state index contributed by atoms with van der Waals surface area (Å²) in [5, 5.41) is 3.54. The van der Waals surface area contributed by atoms with E-state index >= 15 is 0 Å². The maximum Gasteiger partial charge on any atom is 0.251 e. The van der Waals surface area contributed by atoms with Crippen molar-refractivity contribution >= 4 is 23.4 Å². The molecule has 1 aromatic rings. The molecule has 1 amide bonds. The molecule has 1 heterocycles. The van der Waals surface area contributed by atoms with Crippen molar-refractivity contribution < 1.29 is 4.79 Å². The fraction of sp³-hybridized carbons (Fsp3) is 0.417. The lowest BCUT2D eigenvalue weighted by Gasteiger charge is -2.10. The molecule has 1 atom stereocenters. The number of nitrogens with two attached hydrogens (primary N) is 1. The Labute approximate surface area is 99.8 Å².